The first-order valence-electron chi connectivity index (χ1n) is 5.90. The number of nitriles is 1. The molecule has 0 spiro atoms. The average molecular weight is 278 g/mol. The molecule has 1 unspecified atom stereocenters. The first kappa shape index (κ1) is 15.6. The molecule has 108 valence electrons. The Morgan fingerprint density at radius 1 is 1.10 bits per heavy atom. The zero-order valence-corrected chi connectivity index (χ0v) is 12.3. The molecule has 0 N–H and O–H groups in total. The summed E-state index contributed by atoms with van der Waals surface area (Å²) in [4.78, 5) is 4.72. The van der Waals surface area contributed by atoms with E-state index in [2.05, 4.69) is 11.2 Å². The molecule has 0 saturated carbocycles. The van der Waals surface area contributed by atoms with Crippen LogP contribution in [0.4, 0.5) is 0 Å². The van der Waals surface area contributed by atoms with E-state index >= 15 is 0 Å². The van der Waals surface area contributed by atoms with Crippen LogP contribution in [0.1, 0.15) is 18.4 Å². The lowest BCUT2D eigenvalue weighted by Crippen LogP contribution is -2.08. The highest BCUT2D eigenvalue weighted by Crippen LogP contribution is 2.40. The second-order valence-electron chi connectivity index (χ2n) is 3.94. The van der Waals surface area contributed by atoms with Crippen molar-refractivity contribution in [1.29, 1.82) is 5.26 Å². The molecular formula is C14H18N2O4. The number of hydrogen-bond acceptors (Lipinski definition) is 6. The molecule has 6 heteroatoms. The van der Waals surface area contributed by atoms with Gasteiger partial charge in [-0.15, -0.1) is 0 Å². The Labute approximate surface area is 118 Å². The summed E-state index contributed by atoms with van der Waals surface area (Å²) < 4.78 is 15.8. The maximum absolute atomic E-state index is 9.33. The smallest absolute Gasteiger partial charge is 0.203 e. The van der Waals surface area contributed by atoms with E-state index in [-0.39, 0.29) is 0 Å². The lowest BCUT2D eigenvalue weighted by molar-refractivity contribution is 0.212. The molecule has 0 bridgehead atoms. The summed E-state index contributed by atoms with van der Waals surface area (Å²) in [6.07, 6.45) is 0. The standard InChI is InChI=1S/C14H18N2O4/c1-9(16-20-5)11(8-15)10-6-12(17-2)14(19-4)13(7-10)18-3/h6-7,11H,1-5H3. The van der Waals surface area contributed by atoms with Gasteiger partial charge in [0.2, 0.25) is 5.75 Å². The van der Waals surface area contributed by atoms with Crippen molar-refractivity contribution in [3.05, 3.63) is 17.7 Å². The SMILES string of the molecule is CON=C(C)C(C#N)c1cc(OC)c(OC)c(OC)c1. The zero-order valence-electron chi connectivity index (χ0n) is 12.3. The van der Waals surface area contributed by atoms with Crippen molar-refractivity contribution in [2.75, 3.05) is 28.4 Å². The molecular weight excluding hydrogens is 260 g/mol. The molecule has 1 atom stereocenters. The van der Waals surface area contributed by atoms with Gasteiger partial charge in [0.15, 0.2) is 11.5 Å². The van der Waals surface area contributed by atoms with Crippen LogP contribution < -0.4 is 14.2 Å². The Bertz CT molecular complexity index is 509. The van der Waals surface area contributed by atoms with Gasteiger partial charge in [-0.3, -0.25) is 0 Å². The van der Waals surface area contributed by atoms with Gasteiger partial charge in [0.25, 0.3) is 0 Å². The summed E-state index contributed by atoms with van der Waals surface area (Å²) in [5.74, 6) is 0.917. The van der Waals surface area contributed by atoms with Gasteiger partial charge >= 0.3 is 0 Å². The Balaban J connectivity index is 3.38. The molecule has 0 saturated heterocycles. The van der Waals surface area contributed by atoms with E-state index in [4.69, 9.17) is 19.0 Å². The van der Waals surface area contributed by atoms with Crippen molar-refractivity contribution in [2.45, 2.75) is 12.8 Å². The summed E-state index contributed by atoms with van der Waals surface area (Å²) in [5.41, 5.74) is 1.24. The van der Waals surface area contributed by atoms with Crippen LogP contribution >= 0.6 is 0 Å². The fraction of sp³-hybridized carbons (Fsp3) is 0.429. The predicted molar refractivity (Wildman–Crippen MR) is 74.6 cm³/mol. The van der Waals surface area contributed by atoms with E-state index in [1.807, 2.05) is 0 Å². The second kappa shape index (κ2) is 7.24. The molecule has 6 nitrogen and oxygen atoms in total. The minimum Gasteiger partial charge on any atom is -0.493 e. The van der Waals surface area contributed by atoms with Crippen LogP contribution in [0.3, 0.4) is 0 Å². The van der Waals surface area contributed by atoms with Gasteiger partial charge in [-0.2, -0.15) is 5.26 Å². The molecule has 0 fully saturated rings. The van der Waals surface area contributed by atoms with E-state index < -0.39 is 5.92 Å². The van der Waals surface area contributed by atoms with E-state index in [1.54, 1.807) is 19.1 Å². The summed E-state index contributed by atoms with van der Waals surface area (Å²) in [5, 5.41) is 13.1. The third-order valence-electron chi connectivity index (χ3n) is 2.80. The van der Waals surface area contributed by atoms with Crippen LogP contribution in [0.5, 0.6) is 17.2 Å². The van der Waals surface area contributed by atoms with Crippen LogP contribution in [0, 0.1) is 11.3 Å². The molecule has 0 aromatic heterocycles. The predicted octanol–water partition coefficient (Wildman–Crippen LogP) is 2.34. The molecule has 0 radical (unpaired) electrons. The third kappa shape index (κ3) is 3.12. The van der Waals surface area contributed by atoms with Crippen LogP contribution in [0.2, 0.25) is 0 Å². The molecule has 1 aromatic carbocycles. The van der Waals surface area contributed by atoms with Gasteiger partial charge in [0, 0.05) is 0 Å². The fourth-order valence-corrected chi connectivity index (χ4v) is 1.87. The monoisotopic (exact) mass is 278 g/mol. The first-order valence-corrected chi connectivity index (χ1v) is 5.90. The lowest BCUT2D eigenvalue weighted by atomic mass is 9.95. The number of hydrogen-bond donors (Lipinski definition) is 0. The van der Waals surface area contributed by atoms with Gasteiger partial charge in [0.05, 0.1) is 33.1 Å². The Morgan fingerprint density at radius 2 is 1.65 bits per heavy atom. The normalized spacial score (nSPS) is 12.3. The van der Waals surface area contributed by atoms with Crippen molar-refractivity contribution < 1.29 is 19.0 Å². The highest BCUT2D eigenvalue weighted by molar-refractivity contribution is 5.91. The quantitative estimate of drug-likeness (QED) is 0.590. The maximum Gasteiger partial charge on any atom is 0.203 e. The first-order chi connectivity index (χ1) is 9.62. The molecule has 0 aliphatic carbocycles. The number of nitrogens with zero attached hydrogens (tertiary/aromatic N) is 2. The van der Waals surface area contributed by atoms with Crippen molar-refractivity contribution in [2.24, 2.45) is 5.16 Å². The minimum absolute atomic E-state index is 0.483. The largest absolute Gasteiger partial charge is 0.493 e. The van der Waals surface area contributed by atoms with E-state index in [1.165, 1.54) is 28.4 Å². The molecule has 0 aliphatic rings. The Kier molecular flexibility index (Phi) is 5.66. The highest BCUT2D eigenvalue weighted by atomic mass is 16.6. The van der Waals surface area contributed by atoms with E-state index in [0.29, 0.717) is 28.5 Å². The van der Waals surface area contributed by atoms with Crippen LogP contribution in [-0.2, 0) is 4.84 Å². The van der Waals surface area contributed by atoms with Gasteiger partial charge in [0.1, 0.15) is 13.0 Å². The molecule has 0 aliphatic heterocycles. The summed E-state index contributed by atoms with van der Waals surface area (Å²) >= 11 is 0. The van der Waals surface area contributed by atoms with Gasteiger partial charge < -0.3 is 19.0 Å². The molecule has 1 aromatic rings. The topological polar surface area (TPSA) is 73.1 Å². The number of methoxy groups -OCH3 is 3. The van der Waals surface area contributed by atoms with Crippen LogP contribution in [0.25, 0.3) is 0 Å². The summed E-state index contributed by atoms with van der Waals surface area (Å²) in [7, 11) is 6.02. The molecule has 1 rings (SSSR count). The van der Waals surface area contributed by atoms with Crippen molar-refractivity contribution in [3.63, 3.8) is 0 Å². The van der Waals surface area contributed by atoms with Crippen molar-refractivity contribution in [3.8, 4) is 23.3 Å². The lowest BCUT2D eigenvalue weighted by Gasteiger charge is -2.16. The molecule has 0 heterocycles. The maximum atomic E-state index is 9.33. The van der Waals surface area contributed by atoms with E-state index in [9.17, 15) is 5.26 Å². The molecule has 0 amide bonds. The van der Waals surface area contributed by atoms with Gasteiger partial charge in [-0.05, 0) is 24.6 Å². The van der Waals surface area contributed by atoms with Crippen LogP contribution in [0.15, 0.2) is 17.3 Å². The van der Waals surface area contributed by atoms with Gasteiger partial charge in [-0.25, -0.2) is 0 Å². The molecule has 20 heavy (non-hydrogen) atoms. The summed E-state index contributed by atoms with van der Waals surface area (Å²) in [6, 6.07) is 5.63. The highest BCUT2D eigenvalue weighted by Gasteiger charge is 2.21. The van der Waals surface area contributed by atoms with Crippen molar-refractivity contribution >= 4 is 5.71 Å². The minimum atomic E-state index is -0.552. The Morgan fingerprint density at radius 3 is 2.00 bits per heavy atom. The summed E-state index contributed by atoms with van der Waals surface area (Å²) in [6.45, 7) is 1.72. The average Bonchev–Trinajstić information content (AvgIpc) is 2.47. The van der Waals surface area contributed by atoms with Crippen LogP contribution in [-0.4, -0.2) is 34.2 Å². The fourth-order valence-electron chi connectivity index (χ4n) is 1.87. The van der Waals surface area contributed by atoms with Gasteiger partial charge in [-0.1, -0.05) is 5.16 Å². The Hall–Kier alpha value is -2.42. The van der Waals surface area contributed by atoms with E-state index in [0.717, 1.165) is 0 Å². The second-order valence-corrected chi connectivity index (χ2v) is 3.94. The third-order valence-corrected chi connectivity index (χ3v) is 2.80. The number of oxime groups is 1. The number of rotatable bonds is 6. The zero-order chi connectivity index (χ0) is 15.1. The number of benzene rings is 1. The number of ether oxygens (including phenoxy) is 3. The van der Waals surface area contributed by atoms with Crippen molar-refractivity contribution in [1.82, 2.24) is 0 Å².